The monoisotopic (exact) mass is 359 g/mol. The lowest BCUT2D eigenvalue weighted by atomic mass is 10.1. The van der Waals surface area contributed by atoms with Crippen LogP contribution in [0.1, 0.15) is 22.4 Å². The maximum absolute atomic E-state index is 5.98. The molecular formula is C18H18BrNO2. The first-order valence-corrected chi connectivity index (χ1v) is 8.44. The highest BCUT2D eigenvalue weighted by atomic mass is 79.9. The van der Waals surface area contributed by atoms with Crippen LogP contribution >= 0.6 is 15.9 Å². The van der Waals surface area contributed by atoms with Crippen LogP contribution in [0, 0.1) is 13.8 Å². The standard InChI is InChI=1S/C18H18BrNO2/c1-12-5-3-4-6-14(12)11-21-17-8-7-15-16(9-10-19)20-22-18(15)13(17)2/h3-8H,9-11H2,1-2H3. The van der Waals surface area contributed by atoms with Gasteiger partial charge in [-0.2, -0.15) is 0 Å². The number of alkyl halides is 1. The summed E-state index contributed by atoms with van der Waals surface area (Å²) < 4.78 is 11.5. The zero-order valence-corrected chi connectivity index (χ0v) is 14.3. The molecule has 0 atom stereocenters. The minimum absolute atomic E-state index is 0.557. The van der Waals surface area contributed by atoms with Crippen LogP contribution in [-0.2, 0) is 13.0 Å². The fourth-order valence-corrected chi connectivity index (χ4v) is 2.90. The number of ether oxygens (including phenoxy) is 1. The number of fused-ring (bicyclic) bond motifs is 1. The van der Waals surface area contributed by atoms with Gasteiger partial charge in [-0.25, -0.2) is 0 Å². The van der Waals surface area contributed by atoms with Gasteiger partial charge in [0, 0.05) is 22.7 Å². The van der Waals surface area contributed by atoms with Crippen molar-refractivity contribution in [1.82, 2.24) is 5.16 Å². The quantitative estimate of drug-likeness (QED) is 0.603. The predicted octanol–water partition coefficient (Wildman–Crippen LogP) is 4.96. The van der Waals surface area contributed by atoms with E-state index in [4.69, 9.17) is 9.26 Å². The van der Waals surface area contributed by atoms with Crippen LogP contribution in [0.15, 0.2) is 40.9 Å². The minimum atomic E-state index is 0.557. The van der Waals surface area contributed by atoms with Crippen LogP contribution in [0.2, 0.25) is 0 Å². The number of aromatic nitrogens is 1. The Morgan fingerprint density at radius 1 is 1.14 bits per heavy atom. The highest BCUT2D eigenvalue weighted by molar-refractivity contribution is 9.09. The number of hydrogen-bond acceptors (Lipinski definition) is 3. The first kappa shape index (κ1) is 15.1. The van der Waals surface area contributed by atoms with E-state index in [-0.39, 0.29) is 0 Å². The molecule has 114 valence electrons. The average molecular weight is 360 g/mol. The van der Waals surface area contributed by atoms with Crippen LogP contribution < -0.4 is 4.74 Å². The number of hydrogen-bond donors (Lipinski definition) is 0. The third kappa shape index (κ3) is 2.88. The van der Waals surface area contributed by atoms with E-state index in [1.54, 1.807) is 0 Å². The molecule has 0 fully saturated rings. The molecule has 0 aliphatic rings. The molecule has 0 spiro atoms. The number of rotatable bonds is 5. The Balaban J connectivity index is 1.86. The largest absolute Gasteiger partial charge is 0.488 e. The van der Waals surface area contributed by atoms with Gasteiger partial charge in [0.15, 0.2) is 5.58 Å². The second-order valence-corrected chi connectivity index (χ2v) is 6.14. The molecule has 2 aromatic carbocycles. The summed E-state index contributed by atoms with van der Waals surface area (Å²) >= 11 is 3.44. The first-order valence-electron chi connectivity index (χ1n) is 7.32. The average Bonchev–Trinajstić information content (AvgIpc) is 2.93. The van der Waals surface area contributed by atoms with Gasteiger partial charge in [-0.05, 0) is 37.1 Å². The Bertz CT molecular complexity index is 795. The van der Waals surface area contributed by atoms with E-state index in [1.165, 1.54) is 11.1 Å². The Kier molecular flexibility index (Phi) is 4.48. The summed E-state index contributed by atoms with van der Waals surface area (Å²) in [5, 5.41) is 6.10. The second-order valence-electron chi connectivity index (χ2n) is 5.35. The summed E-state index contributed by atoms with van der Waals surface area (Å²) in [5.74, 6) is 0.845. The predicted molar refractivity (Wildman–Crippen MR) is 91.8 cm³/mol. The zero-order valence-electron chi connectivity index (χ0n) is 12.7. The van der Waals surface area contributed by atoms with E-state index in [2.05, 4.69) is 40.1 Å². The van der Waals surface area contributed by atoms with Gasteiger partial charge in [-0.3, -0.25) is 0 Å². The van der Waals surface area contributed by atoms with Crippen molar-refractivity contribution in [2.24, 2.45) is 0 Å². The Morgan fingerprint density at radius 2 is 1.95 bits per heavy atom. The lowest BCUT2D eigenvalue weighted by molar-refractivity contribution is 0.303. The van der Waals surface area contributed by atoms with Crippen molar-refractivity contribution in [2.75, 3.05) is 5.33 Å². The van der Waals surface area contributed by atoms with Crippen LogP contribution in [0.3, 0.4) is 0 Å². The summed E-state index contributed by atoms with van der Waals surface area (Å²) in [4.78, 5) is 0. The van der Waals surface area contributed by atoms with Gasteiger partial charge in [0.1, 0.15) is 12.4 Å². The van der Waals surface area contributed by atoms with E-state index in [9.17, 15) is 0 Å². The molecular weight excluding hydrogens is 342 g/mol. The Morgan fingerprint density at radius 3 is 2.73 bits per heavy atom. The lowest BCUT2D eigenvalue weighted by Crippen LogP contribution is -1.99. The molecule has 1 aromatic heterocycles. The minimum Gasteiger partial charge on any atom is -0.488 e. The number of aryl methyl sites for hydroxylation is 3. The molecule has 0 amide bonds. The third-order valence-electron chi connectivity index (χ3n) is 3.89. The van der Waals surface area contributed by atoms with Gasteiger partial charge in [-0.15, -0.1) is 0 Å². The molecule has 0 saturated carbocycles. The molecule has 3 nitrogen and oxygen atoms in total. The van der Waals surface area contributed by atoms with Gasteiger partial charge >= 0.3 is 0 Å². The summed E-state index contributed by atoms with van der Waals surface area (Å²) in [6.07, 6.45) is 0.857. The summed E-state index contributed by atoms with van der Waals surface area (Å²) in [7, 11) is 0. The molecule has 0 radical (unpaired) electrons. The van der Waals surface area contributed by atoms with Crippen LogP contribution in [0.5, 0.6) is 5.75 Å². The van der Waals surface area contributed by atoms with Crippen molar-refractivity contribution in [3.05, 3.63) is 58.8 Å². The van der Waals surface area contributed by atoms with Crippen LogP contribution in [0.25, 0.3) is 11.0 Å². The molecule has 3 rings (SSSR count). The molecule has 1 heterocycles. The smallest absolute Gasteiger partial charge is 0.173 e. The van der Waals surface area contributed by atoms with Crippen molar-refractivity contribution in [3.8, 4) is 5.75 Å². The molecule has 0 aliphatic heterocycles. The van der Waals surface area contributed by atoms with Crippen molar-refractivity contribution in [1.29, 1.82) is 0 Å². The lowest BCUT2D eigenvalue weighted by Gasteiger charge is -2.10. The van der Waals surface area contributed by atoms with Crippen molar-refractivity contribution < 1.29 is 9.26 Å². The van der Waals surface area contributed by atoms with Gasteiger partial charge in [0.05, 0.1) is 5.69 Å². The number of benzene rings is 2. The van der Waals surface area contributed by atoms with E-state index >= 15 is 0 Å². The number of halogens is 1. The highest BCUT2D eigenvalue weighted by Gasteiger charge is 2.13. The highest BCUT2D eigenvalue weighted by Crippen LogP contribution is 2.30. The molecule has 0 aliphatic carbocycles. The number of nitrogens with zero attached hydrogens (tertiary/aromatic N) is 1. The fraction of sp³-hybridized carbons (Fsp3) is 0.278. The first-order chi connectivity index (χ1) is 10.7. The molecule has 0 saturated heterocycles. The molecule has 4 heteroatoms. The topological polar surface area (TPSA) is 35.3 Å². The maximum Gasteiger partial charge on any atom is 0.173 e. The van der Waals surface area contributed by atoms with Gasteiger partial charge in [-0.1, -0.05) is 45.4 Å². The van der Waals surface area contributed by atoms with Crippen molar-refractivity contribution in [2.45, 2.75) is 26.9 Å². The van der Waals surface area contributed by atoms with Gasteiger partial charge < -0.3 is 9.26 Å². The van der Waals surface area contributed by atoms with Gasteiger partial charge in [0.25, 0.3) is 0 Å². The fourth-order valence-electron chi connectivity index (χ4n) is 2.52. The molecule has 0 N–H and O–H groups in total. The van der Waals surface area contributed by atoms with E-state index in [0.29, 0.717) is 6.61 Å². The van der Waals surface area contributed by atoms with Crippen LogP contribution in [0.4, 0.5) is 0 Å². The van der Waals surface area contributed by atoms with E-state index < -0.39 is 0 Å². The summed E-state index contributed by atoms with van der Waals surface area (Å²) in [6, 6.07) is 12.3. The van der Waals surface area contributed by atoms with Crippen LogP contribution in [-0.4, -0.2) is 10.5 Å². The van der Waals surface area contributed by atoms with Gasteiger partial charge in [0.2, 0.25) is 0 Å². The molecule has 3 aromatic rings. The van der Waals surface area contributed by atoms with E-state index in [1.807, 2.05) is 31.2 Å². The SMILES string of the molecule is Cc1ccccc1COc1ccc2c(CCBr)noc2c1C. The second kappa shape index (κ2) is 6.53. The molecule has 0 bridgehead atoms. The molecule has 0 unspecified atom stereocenters. The summed E-state index contributed by atoms with van der Waals surface area (Å²) in [5.41, 5.74) is 5.23. The summed E-state index contributed by atoms with van der Waals surface area (Å²) in [6.45, 7) is 4.66. The third-order valence-corrected chi connectivity index (χ3v) is 4.29. The van der Waals surface area contributed by atoms with E-state index in [0.717, 1.165) is 39.7 Å². The normalized spacial score (nSPS) is 11.0. The zero-order chi connectivity index (χ0) is 15.5. The Hall–Kier alpha value is -1.81. The maximum atomic E-state index is 5.98. The van der Waals surface area contributed by atoms with Crippen molar-refractivity contribution >= 4 is 26.9 Å². The Labute approximate surface area is 138 Å². The van der Waals surface area contributed by atoms with Crippen molar-refractivity contribution in [3.63, 3.8) is 0 Å². The molecule has 22 heavy (non-hydrogen) atoms.